The summed E-state index contributed by atoms with van der Waals surface area (Å²) in [6, 6.07) is 16.6. The van der Waals surface area contributed by atoms with E-state index in [-0.39, 0.29) is 11.7 Å². The Morgan fingerprint density at radius 3 is 2.57 bits per heavy atom. The first-order valence-electron chi connectivity index (χ1n) is 6.45. The molecular weight excluding hydrogens is 266 g/mol. The number of ether oxygens (including phenoxy) is 1. The summed E-state index contributed by atoms with van der Waals surface area (Å²) in [5.74, 6) is 1.22. The van der Waals surface area contributed by atoms with Crippen molar-refractivity contribution in [1.29, 1.82) is 0 Å². The number of carbonyl (C=O) groups excluding carboxylic acids is 1. The van der Waals surface area contributed by atoms with E-state index in [9.17, 15) is 4.79 Å². The predicted molar refractivity (Wildman–Crippen MR) is 79.5 cm³/mol. The quantitative estimate of drug-likeness (QED) is 0.768. The smallest absolute Gasteiger partial charge is 0.291 e. The highest BCUT2D eigenvalue weighted by Crippen LogP contribution is 2.29. The molecule has 2 aromatic carbocycles. The lowest BCUT2D eigenvalue weighted by molar-refractivity contribution is 0.101. The first-order chi connectivity index (χ1) is 10.3. The van der Waals surface area contributed by atoms with E-state index in [4.69, 9.17) is 4.74 Å². The number of anilines is 1. The highest BCUT2D eigenvalue weighted by Gasteiger charge is 2.11. The molecule has 21 heavy (non-hydrogen) atoms. The molecule has 0 aliphatic heterocycles. The van der Waals surface area contributed by atoms with Gasteiger partial charge in [0, 0.05) is 12.4 Å². The number of aromatic amines is 1. The second-order valence-corrected chi connectivity index (χ2v) is 4.30. The molecule has 0 saturated heterocycles. The monoisotopic (exact) mass is 279 g/mol. The van der Waals surface area contributed by atoms with Crippen molar-refractivity contribution in [3.63, 3.8) is 0 Å². The van der Waals surface area contributed by atoms with Crippen LogP contribution in [0.1, 0.15) is 10.6 Å². The minimum atomic E-state index is -0.316. The maximum Gasteiger partial charge on any atom is 0.291 e. The molecule has 0 saturated carbocycles. The fourth-order valence-corrected chi connectivity index (χ4v) is 1.85. The van der Waals surface area contributed by atoms with Gasteiger partial charge >= 0.3 is 0 Å². The molecule has 0 aliphatic rings. The normalized spacial score (nSPS) is 10.1. The highest BCUT2D eigenvalue weighted by atomic mass is 16.5. The lowest BCUT2D eigenvalue weighted by Gasteiger charge is -2.11. The van der Waals surface area contributed by atoms with Gasteiger partial charge in [0.1, 0.15) is 5.75 Å². The molecule has 0 spiro atoms. The van der Waals surface area contributed by atoms with Gasteiger partial charge in [-0.1, -0.05) is 30.3 Å². The number of nitrogens with zero attached hydrogens (tertiary/aromatic N) is 1. The molecule has 3 rings (SSSR count). The summed E-state index contributed by atoms with van der Waals surface area (Å²) in [5, 5.41) is 2.78. The first-order valence-corrected chi connectivity index (χ1v) is 6.45. The van der Waals surface area contributed by atoms with Gasteiger partial charge in [-0.3, -0.25) is 4.79 Å². The molecule has 0 unspecified atom stereocenters. The van der Waals surface area contributed by atoms with Crippen molar-refractivity contribution in [3.05, 3.63) is 72.8 Å². The van der Waals surface area contributed by atoms with Crippen LogP contribution in [0.25, 0.3) is 0 Å². The zero-order valence-corrected chi connectivity index (χ0v) is 11.1. The molecule has 0 atom stereocenters. The largest absolute Gasteiger partial charge is 0.455 e. The minimum absolute atomic E-state index is 0.254. The Balaban J connectivity index is 1.81. The van der Waals surface area contributed by atoms with Crippen molar-refractivity contribution in [2.45, 2.75) is 0 Å². The number of carbonyl (C=O) groups is 1. The number of rotatable bonds is 4. The second-order valence-electron chi connectivity index (χ2n) is 4.30. The molecule has 3 aromatic rings. The Morgan fingerprint density at radius 1 is 1.05 bits per heavy atom. The van der Waals surface area contributed by atoms with Crippen molar-refractivity contribution in [1.82, 2.24) is 9.97 Å². The molecule has 104 valence electrons. The van der Waals surface area contributed by atoms with Gasteiger partial charge in [-0.2, -0.15) is 0 Å². The van der Waals surface area contributed by atoms with Crippen molar-refractivity contribution in [3.8, 4) is 11.5 Å². The van der Waals surface area contributed by atoms with Crippen LogP contribution in [0, 0.1) is 0 Å². The fraction of sp³-hybridized carbons (Fsp3) is 0. The average Bonchev–Trinajstić information content (AvgIpc) is 3.05. The summed E-state index contributed by atoms with van der Waals surface area (Å²) in [6.07, 6.45) is 3.13. The number of amides is 1. The average molecular weight is 279 g/mol. The summed E-state index contributed by atoms with van der Waals surface area (Å²) < 4.78 is 5.78. The zero-order valence-electron chi connectivity index (χ0n) is 11.1. The van der Waals surface area contributed by atoms with E-state index in [2.05, 4.69) is 15.3 Å². The topological polar surface area (TPSA) is 67.0 Å². The predicted octanol–water partition coefficient (Wildman–Crippen LogP) is 3.45. The number of hydrogen-bond donors (Lipinski definition) is 2. The fourth-order valence-electron chi connectivity index (χ4n) is 1.85. The van der Waals surface area contributed by atoms with Gasteiger partial charge in [-0.05, 0) is 24.3 Å². The molecule has 5 nitrogen and oxygen atoms in total. The van der Waals surface area contributed by atoms with Crippen molar-refractivity contribution in [2.24, 2.45) is 0 Å². The van der Waals surface area contributed by atoms with Crippen molar-refractivity contribution < 1.29 is 9.53 Å². The number of benzene rings is 2. The lowest BCUT2D eigenvalue weighted by atomic mass is 10.3. The number of aromatic nitrogens is 2. The van der Waals surface area contributed by atoms with Gasteiger partial charge in [-0.25, -0.2) is 4.98 Å². The molecule has 1 amide bonds. The number of hydrogen-bond acceptors (Lipinski definition) is 3. The number of imidazole rings is 1. The van der Waals surface area contributed by atoms with Crippen LogP contribution in [0.3, 0.4) is 0 Å². The van der Waals surface area contributed by atoms with Crippen LogP contribution in [-0.2, 0) is 0 Å². The Kier molecular flexibility index (Phi) is 3.64. The van der Waals surface area contributed by atoms with E-state index in [1.54, 1.807) is 18.3 Å². The second kappa shape index (κ2) is 5.92. The van der Waals surface area contributed by atoms with Crippen LogP contribution in [0.4, 0.5) is 5.69 Å². The Morgan fingerprint density at radius 2 is 1.81 bits per heavy atom. The molecule has 0 fully saturated rings. The molecule has 1 aromatic heterocycles. The molecule has 1 heterocycles. The Hall–Kier alpha value is -3.08. The van der Waals surface area contributed by atoms with Crippen LogP contribution in [0.5, 0.6) is 11.5 Å². The van der Waals surface area contributed by atoms with Crippen molar-refractivity contribution in [2.75, 3.05) is 5.32 Å². The SMILES string of the molecule is O=C(Nc1ccccc1Oc1ccccc1)c1ncc[nH]1. The van der Waals surface area contributed by atoms with Crippen LogP contribution in [0.2, 0.25) is 0 Å². The van der Waals surface area contributed by atoms with E-state index in [1.807, 2.05) is 42.5 Å². The third-order valence-electron chi connectivity index (χ3n) is 2.82. The van der Waals surface area contributed by atoms with Gasteiger partial charge in [0.25, 0.3) is 5.91 Å². The lowest BCUT2D eigenvalue weighted by Crippen LogP contribution is -2.14. The van der Waals surface area contributed by atoms with E-state index in [1.165, 1.54) is 6.20 Å². The van der Waals surface area contributed by atoms with Gasteiger partial charge in [0.15, 0.2) is 11.6 Å². The van der Waals surface area contributed by atoms with Gasteiger partial charge in [-0.15, -0.1) is 0 Å². The van der Waals surface area contributed by atoms with E-state index in [0.29, 0.717) is 17.2 Å². The molecule has 2 N–H and O–H groups in total. The Labute approximate surface area is 121 Å². The maximum atomic E-state index is 12.0. The maximum absolute atomic E-state index is 12.0. The third-order valence-corrected chi connectivity index (χ3v) is 2.82. The van der Waals surface area contributed by atoms with Gasteiger partial charge < -0.3 is 15.0 Å². The summed E-state index contributed by atoms with van der Waals surface area (Å²) in [5.41, 5.74) is 0.586. The highest BCUT2D eigenvalue weighted by molar-refractivity contribution is 6.02. The minimum Gasteiger partial charge on any atom is -0.455 e. The molecule has 0 bridgehead atoms. The van der Waals surface area contributed by atoms with E-state index in [0.717, 1.165) is 0 Å². The summed E-state index contributed by atoms with van der Waals surface area (Å²) in [7, 11) is 0. The summed E-state index contributed by atoms with van der Waals surface area (Å²) >= 11 is 0. The standard InChI is InChI=1S/C16H13N3O2/c20-16(15-17-10-11-18-15)19-13-8-4-5-9-14(13)21-12-6-2-1-3-7-12/h1-11H,(H,17,18)(H,19,20). The Bertz CT molecular complexity index is 724. The van der Waals surface area contributed by atoms with Crippen LogP contribution in [-0.4, -0.2) is 15.9 Å². The van der Waals surface area contributed by atoms with E-state index >= 15 is 0 Å². The number of nitrogens with one attached hydrogen (secondary N) is 2. The van der Waals surface area contributed by atoms with Crippen LogP contribution < -0.4 is 10.1 Å². The summed E-state index contributed by atoms with van der Waals surface area (Å²) in [4.78, 5) is 18.7. The van der Waals surface area contributed by atoms with Crippen LogP contribution in [0.15, 0.2) is 67.0 Å². The van der Waals surface area contributed by atoms with Gasteiger partial charge in [0.05, 0.1) is 5.69 Å². The van der Waals surface area contributed by atoms with E-state index < -0.39 is 0 Å². The molecule has 0 aliphatic carbocycles. The van der Waals surface area contributed by atoms with Gasteiger partial charge in [0.2, 0.25) is 0 Å². The molecule has 5 heteroatoms. The third kappa shape index (κ3) is 3.09. The first kappa shape index (κ1) is 12.9. The zero-order chi connectivity index (χ0) is 14.5. The van der Waals surface area contributed by atoms with Crippen molar-refractivity contribution >= 4 is 11.6 Å². The van der Waals surface area contributed by atoms with Crippen LogP contribution >= 0.6 is 0 Å². The molecule has 0 radical (unpaired) electrons. The summed E-state index contributed by atoms with van der Waals surface area (Å²) in [6.45, 7) is 0. The number of H-pyrrole nitrogens is 1. The molecular formula is C16H13N3O2. The number of para-hydroxylation sites is 3.